The maximum Gasteiger partial charge on any atom is 0.332 e. The Hall–Kier alpha value is -3.87. The van der Waals surface area contributed by atoms with Crippen LogP contribution < -0.4 is 5.56 Å². The summed E-state index contributed by atoms with van der Waals surface area (Å²) in [5.41, 5.74) is 1.72. The van der Waals surface area contributed by atoms with E-state index < -0.39 is 5.97 Å². The monoisotopic (exact) mass is 358 g/mol. The van der Waals surface area contributed by atoms with Gasteiger partial charge in [0.25, 0.3) is 5.56 Å². The van der Waals surface area contributed by atoms with Crippen molar-refractivity contribution in [1.82, 2.24) is 20.0 Å². The van der Waals surface area contributed by atoms with Crippen molar-refractivity contribution in [2.24, 2.45) is 0 Å². The summed E-state index contributed by atoms with van der Waals surface area (Å²) >= 11 is 0. The Labute approximate surface area is 153 Å². The Morgan fingerprint density at radius 3 is 2.85 bits per heavy atom. The number of pyridine rings is 1. The van der Waals surface area contributed by atoms with Crippen molar-refractivity contribution < 1.29 is 9.53 Å². The lowest BCUT2D eigenvalue weighted by molar-refractivity contribution is -0.141. The number of para-hydroxylation sites is 1. The second kappa shape index (κ2) is 7.17. The van der Waals surface area contributed by atoms with Crippen molar-refractivity contribution in [3.63, 3.8) is 0 Å². The lowest BCUT2D eigenvalue weighted by atomic mass is 10.1. The molecule has 2 aromatic carbocycles. The van der Waals surface area contributed by atoms with Crippen molar-refractivity contribution in [1.29, 1.82) is 0 Å². The third kappa shape index (κ3) is 3.43. The second-order valence-electron chi connectivity index (χ2n) is 5.76. The number of aromatic nitrogens is 4. The minimum atomic E-state index is -0.593. The highest BCUT2D eigenvalue weighted by Crippen LogP contribution is 2.17. The van der Waals surface area contributed by atoms with E-state index in [1.165, 1.54) is 6.08 Å². The minimum absolute atomic E-state index is 0.312. The number of benzene rings is 2. The zero-order chi connectivity index (χ0) is 18.6. The number of carbonyl (C=O) groups excluding carboxylic acids is 1. The van der Waals surface area contributed by atoms with Gasteiger partial charge in [-0.3, -0.25) is 9.78 Å². The van der Waals surface area contributed by atoms with Crippen LogP contribution in [0.1, 0.15) is 5.56 Å². The molecule has 2 heterocycles. The highest BCUT2D eigenvalue weighted by atomic mass is 16.5. The molecule has 0 aliphatic carbocycles. The molecule has 0 unspecified atom stereocenters. The van der Waals surface area contributed by atoms with Gasteiger partial charge in [-0.1, -0.05) is 41.6 Å². The molecule has 0 bridgehead atoms. The Morgan fingerprint density at radius 1 is 1.07 bits per heavy atom. The highest BCUT2D eigenvalue weighted by molar-refractivity contribution is 5.92. The summed E-state index contributed by atoms with van der Waals surface area (Å²) in [6.45, 7) is -0.312. The predicted molar refractivity (Wildman–Crippen MR) is 101 cm³/mol. The molecule has 0 aliphatic heterocycles. The quantitative estimate of drug-likeness (QED) is 0.412. The highest BCUT2D eigenvalue weighted by Gasteiger charge is 2.07. The predicted octanol–water partition coefficient (Wildman–Crippen LogP) is 2.55. The van der Waals surface area contributed by atoms with Gasteiger partial charge >= 0.3 is 5.97 Å². The topological polar surface area (TPSA) is 87.0 Å². The minimum Gasteiger partial charge on any atom is -0.439 e. The van der Waals surface area contributed by atoms with Crippen LogP contribution in [0.4, 0.5) is 0 Å². The van der Waals surface area contributed by atoms with Crippen LogP contribution in [-0.2, 0) is 16.3 Å². The average molecular weight is 358 g/mol. The van der Waals surface area contributed by atoms with Crippen LogP contribution in [0.5, 0.6) is 0 Å². The molecule has 132 valence electrons. The maximum atomic E-state index is 12.3. The first-order chi connectivity index (χ1) is 13.2. The molecule has 0 N–H and O–H groups in total. The number of carbonyl (C=O) groups is 1. The lowest BCUT2D eigenvalue weighted by Gasteiger charge is -2.05. The number of nitrogens with zero attached hydrogens (tertiary/aromatic N) is 4. The fraction of sp³-hybridized carbons (Fsp3) is 0.0500. The molecule has 27 heavy (non-hydrogen) atoms. The van der Waals surface area contributed by atoms with Crippen molar-refractivity contribution in [2.45, 2.75) is 6.73 Å². The lowest BCUT2D eigenvalue weighted by Crippen LogP contribution is -2.26. The smallest absolute Gasteiger partial charge is 0.332 e. The van der Waals surface area contributed by atoms with E-state index in [-0.39, 0.29) is 12.3 Å². The molecule has 4 aromatic rings. The Morgan fingerprint density at radius 2 is 1.93 bits per heavy atom. The first-order valence-electron chi connectivity index (χ1n) is 8.23. The molecule has 0 spiro atoms. The molecule has 0 aliphatic rings. The fourth-order valence-corrected chi connectivity index (χ4v) is 2.70. The van der Waals surface area contributed by atoms with Crippen LogP contribution in [0.15, 0.2) is 71.7 Å². The normalized spacial score (nSPS) is 11.3. The number of esters is 1. The summed E-state index contributed by atoms with van der Waals surface area (Å²) in [6.07, 6.45) is 4.62. The van der Waals surface area contributed by atoms with E-state index in [4.69, 9.17) is 4.74 Å². The number of fused-ring (bicyclic) bond motifs is 2. The first-order valence-corrected chi connectivity index (χ1v) is 8.23. The third-order valence-corrected chi connectivity index (χ3v) is 4.02. The molecule has 7 heteroatoms. The SMILES string of the molecule is O=C(/C=C/c1cccc2cccnc12)OCn1nnc2ccccc2c1=O. The first kappa shape index (κ1) is 16.6. The number of ether oxygens (including phenoxy) is 1. The number of rotatable bonds is 4. The summed E-state index contributed by atoms with van der Waals surface area (Å²) < 4.78 is 6.11. The van der Waals surface area contributed by atoms with Gasteiger partial charge in [-0.25, -0.2) is 4.79 Å². The van der Waals surface area contributed by atoms with Crippen LogP contribution in [-0.4, -0.2) is 25.9 Å². The van der Waals surface area contributed by atoms with Gasteiger partial charge in [-0.2, -0.15) is 4.68 Å². The molecule has 0 fully saturated rings. The molecule has 0 saturated heterocycles. The van der Waals surface area contributed by atoms with Gasteiger partial charge in [0, 0.05) is 23.2 Å². The number of hydrogen-bond donors (Lipinski definition) is 0. The molecule has 0 atom stereocenters. The summed E-state index contributed by atoms with van der Waals surface area (Å²) in [6, 6.07) is 16.4. The molecule has 0 radical (unpaired) electrons. The molecule has 0 amide bonds. The summed E-state index contributed by atoms with van der Waals surface area (Å²) in [4.78, 5) is 28.6. The van der Waals surface area contributed by atoms with Gasteiger partial charge in [-0.05, 0) is 24.3 Å². The van der Waals surface area contributed by atoms with E-state index in [1.54, 1.807) is 36.5 Å². The molecular formula is C20H14N4O3. The largest absolute Gasteiger partial charge is 0.439 e. The molecule has 4 rings (SSSR count). The van der Waals surface area contributed by atoms with Crippen molar-refractivity contribution in [3.8, 4) is 0 Å². The maximum absolute atomic E-state index is 12.3. The van der Waals surface area contributed by atoms with E-state index in [1.807, 2.05) is 30.3 Å². The Bertz CT molecular complexity index is 1230. The van der Waals surface area contributed by atoms with E-state index >= 15 is 0 Å². The van der Waals surface area contributed by atoms with Crippen LogP contribution in [0.25, 0.3) is 27.9 Å². The molecular weight excluding hydrogens is 344 g/mol. The zero-order valence-corrected chi connectivity index (χ0v) is 14.1. The van der Waals surface area contributed by atoms with Gasteiger partial charge < -0.3 is 4.74 Å². The van der Waals surface area contributed by atoms with Gasteiger partial charge in [0.05, 0.1) is 10.9 Å². The third-order valence-electron chi connectivity index (χ3n) is 4.02. The van der Waals surface area contributed by atoms with Crippen LogP contribution in [0, 0.1) is 0 Å². The Balaban J connectivity index is 1.49. The van der Waals surface area contributed by atoms with Crippen LogP contribution in [0.3, 0.4) is 0 Å². The van der Waals surface area contributed by atoms with E-state index in [9.17, 15) is 9.59 Å². The molecule has 0 saturated carbocycles. The summed E-state index contributed by atoms with van der Waals surface area (Å²) in [5, 5.41) is 9.12. The van der Waals surface area contributed by atoms with Crippen molar-refractivity contribution in [3.05, 3.63) is 82.8 Å². The van der Waals surface area contributed by atoms with Gasteiger partial charge in [-0.15, -0.1) is 5.10 Å². The fourth-order valence-electron chi connectivity index (χ4n) is 2.70. The summed E-state index contributed by atoms with van der Waals surface area (Å²) in [7, 11) is 0. The van der Waals surface area contributed by atoms with Gasteiger partial charge in [0.2, 0.25) is 0 Å². The van der Waals surface area contributed by atoms with Crippen LogP contribution in [0.2, 0.25) is 0 Å². The average Bonchev–Trinajstić information content (AvgIpc) is 2.72. The van der Waals surface area contributed by atoms with Crippen molar-refractivity contribution >= 4 is 33.9 Å². The van der Waals surface area contributed by atoms with E-state index in [0.29, 0.717) is 10.9 Å². The van der Waals surface area contributed by atoms with Gasteiger partial charge in [0.1, 0.15) is 5.52 Å². The Kier molecular flexibility index (Phi) is 4.40. The standard InChI is InChI=1S/C20H14N4O3/c25-18(11-10-15-6-3-5-14-7-4-12-21-19(14)15)27-13-24-20(26)16-8-1-2-9-17(16)22-23-24/h1-12H,13H2/b11-10+. The van der Waals surface area contributed by atoms with E-state index in [2.05, 4.69) is 15.3 Å². The van der Waals surface area contributed by atoms with E-state index in [0.717, 1.165) is 21.1 Å². The number of hydrogen-bond acceptors (Lipinski definition) is 6. The van der Waals surface area contributed by atoms with Gasteiger partial charge in [0.15, 0.2) is 6.73 Å². The van der Waals surface area contributed by atoms with Crippen molar-refractivity contribution in [2.75, 3.05) is 0 Å². The zero-order valence-electron chi connectivity index (χ0n) is 14.1. The summed E-state index contributed by atoms with van der Waals surface area (Å²) in [5.74, 6) is -0.593. The molecule has 2 aromatic heterocycles. The second-order valence-corrected chi connectivity index (χ2v) is 5.76. The van der Waals surface area contributed by atoms with Crippen LogP contribution >= 0.6 is 0 Å². The molecule has 7 nitrogen and oxygen atoms in total.